The summed E-state index contributed by atoms with van der Waals surface area (Å²) < 4.78 is 0. The van der Waals surface area contributed by atoms with E-state index in [-0.39, 0.29) is 6.10 Å². The molecule has 0 aromatic carbocycles. The van der Waals surface area contributed by atoms with Gasteiger partial charge in [0.2, 0.25) is 0 Å². The van der Waals surface area contributed by atoms with E-state index in [0.717, 1.165) is 42.2 Å². The summed E-state index contributed by atoms with van der Waals surface area (Å²) in [6, 6.07) is 0. The Balaban J connectivity index is 1.55. The molecule has 0 bridgehead atoms. The standard InChI is InChI=1S/C26H41NO/c1-17(2)27-15-12-18(3)22-8-9-23-21-7-6-19-16-20(28)10-13-25(19,4)24(21)11-14-26(22,23)5/h6,12,15,18,20-24,28H,7-11,13-14,16H2,1-5H3/b15-12+/t18-,20+,21+,22-,23?,24+,25+,26-/m1/s1. The largest absolute Gasteiger partial charge is 0.393 e. The van der Waals surface area contributed by atoms with Crippen LogP contribution in [0.3, 0.4) is 0 Å². The van der Waals surface area contributed by atoms with E-state index < -0.39 is 0 Å². The maximum Gasteiger partial charge on any atom is 0.0577 e. The molecule has 0 heterocycles. The lowest BCUT2D eigenvalue weighted by Gasteiger charge is -2.58. The van der Waals surface area contributed by atoms with E-state index in [9.17, 15) is 5.11 Å². The molecule has 156 valence electrons. The molecular formula is C26H41NO. The number of aliphatic hydroxyl groups excluding tert-OH is 1. The minimum atomic E-state index is -0.0948. The summed E-state index contributed by atoms with van der Waals surface area (Å²) >= 11 is 0. The third-order valence-corrected chi connectivity index (χ3v) is 9.51. The van der Waals surface area contributed by atoms with E-state index in [1.54, 1.807) is 5.57 Å². The van der Waals surface area contributed by atoms with E-state index in [0.29, 0.717) is 16.7 Å². The van der Waals surface area contributed by atoms with Crippen molar-refractivity contribution in [2.75, 3.05) is 0 Å². The number of nitrogens with zero attached hydrogens (tertiary/aromatic N) is 1. The van der Waals surface area contributed by atoms with Crippen LogP contribution in [0.25, 0.3) is 0 Å². The van der Waals surface area contributed by atoms with Crippen molar-refractivity contribution in [1.82, 2.24) is 0 Å². The summed E-state index contributed by atoms with van der Waals surface area (Å²) in [6.07, 6.45) is 16.9. The van der Waals surface area contributed by atoms with E-state index in [1.807, 2.05) is 6.20 Å². The van der Waals surface area contributed by atoms with Gasteiger partial charge in [0.25, 0.3) is 0 Å². The van der Waals surface area contributed by atoms with Crippen LogP contribution in [0, 0.1) is 40.4 Å². The fourth-order valence-electron chi connectivity index (χ4n) is 8.01. The summed E-state index contributed by atoms with van der Waals surface area (Å²) in [5.74, 6) is 4.00. The van der Waals surface area contributed by atoms with Gasteiger partial charge in [0.15, 0.2) is 0 Å². The number of allylic oxidation sites excluding steroid dienone is 2. The van der Waals surface area contributed by atoms with Gasteiger partial charge in [-0.3, -0.25) is 4.99 Å². The first-order valence-corrected chi connectivity index (χ1v) is 11.8. The van der Waals surface area contributed by atoms with Gasteiger partial charge >= 0.3 is 0 Å². The fraction of sp³-hybridized carbons (Fsp3) is 0.808. The molecule has 0 aliphatic heterocycles. The van der Waals surface area contributed by atoms with Crippen molar-refractivity contribution in [2.24, 2.45) is 45.4 Å². The molecule has 0 amide bonds. The molecule has 2 nitrogen and oxygen atoms in total. The highest BCUT2D eigenvalue weighted by molar-refractivity contribution is 5.79. The van der Waals surface area contributed by atoms with Crippen molar-refractivity contribution in [3.8, 4) is 0 Å². The van der Waals surface area contributed by atoms with Crippen LogP contribution in [-0.2, 0) is 0 Å². The number of hydrogen-bond donors (Lipinski definition) is 1. The van der Waals surface area contributed by atoms with Crippen LogP contribution in [0.2, 0.25) is 0 Å². The fourth-order valence-corrected chi connectivity index (χ4v) is 8.01. The minimum absolute atomic E-state index is 0.0948. The molecule has 4 aliphatic rings. The number of fused-ring (bicyclic) bond motifs is 5. The van der Waals surface area contributed by atoms with Gasteiger partial charge < -0.3 is 5.11 Å². The van der Waals surface area contributed by atoms with E-state index in [4.69, 9.17) is 0 Å². The molecule has 28 heavy (non-hydrogen) atoms. The van der Waals surface area contributed by atoms with Crippen LogP contribution in [-0.4, -0.2) is 16.9 Å². The Labute approximate surface area is 172 Å². The number of rotatable bonds is 3. The van der Waals surface area contributed by atoms with Gasteiger partial charge in [-0.2, -0.15) is 0 Å². The van der Waals surface area contributed by atoms with Crippen LogP contribution in [0.1, 0.15) is 86.0 Å². The summed E-state index contributed by atoms with van der Waals surface area (Å²) in [6.45, 7) is 11.7. The molecule has 3 fully saturated rings. The number of aliphatic imine (C=N–C) groups is 1. The Bertz CT molecular complexity index is 687. The number of aliphatic hydroxyl groups is 1. The second kappa shape index (κ2) is 7.42. The highest BCUT2D eigenvalue weighted by Gasteiger charge is 2.58. The van der Waals surface area contributed by atoms with Crippen molar-refractivity contribution in [2.45, 2.75) is 92.1 Å². The summed E-state index contributed by atoms with van der Waals surface area (Å²) in [5, 5.41) is 10.2. The summed E-state index contributed by atoms with van der Waals surface area (Å²) in [4.78, 5) is 4.50. The molecule has 8 atom stereocenters. The van der Waals surface area contributed by atoms with Crippen LogP contribution in [0.4, 0.5) is 0 Å². The Morgan fingerprint density at radius 2 is 1.93 bits per heavy atom. The van der Waals surface area contributed by atoms with Gasteiger partial charge in [0.05, 0.1) is 6.10 Å². The molecule has 0 aromatic rings. The Hall–Kier alpha value is -0.890. The third-order valence-electron chi connectivity index (χ3n) is 9.51. The second-order valence-electron chi connectivity index (χ2n) is 11.2. The molecule has 2 heteroatoms. The Morgan fingerprint density at radius 1 is 1.14 bits per heavy atom. The lowest BCUT2D eigenvalue weighted by Crippen LogP contribution is -2.50. The number of hydrogen-bond acceptors (Lipinski definition) is 2. The topological polar surface area (TPSA) is 32.6 Å². The molecular weight excluding hydrogens is 342 g/mol. The Morgan fingerprint density at radius 3 is 2.68 bits per heavy atom. The average molecular weight is 384 g/mol. The normalized spacial score (nSPS) is 46.4. The molecule has 4 rings (SSSR count). The zero-order valence-electron chi connectivity index (χ0n) is 18.7. The highest BCUT2D eigenvalue weighted by atomic mass is 16.3. The van der Waals surface area contributed by atoms with Crippen LogP contribution < -0.4 is 0 Å². The zero-order valence-corrected chi connectivity index (χ0v) is 18.7. The lowest BCUT2D eigenvalue weighted by molar-refractivity contribution is -0.0540. The molecule has 0 saturated heterocycles. The lowest BCUT2D eigenvalue weighted by atomic mass is 9.47. The molecule has 0 aromatic heterocycles. The zero-order chi connectivity index (χ0) is 20.1. The maximum atomic E-state index is 10.2. The maximum absolute atomic E-state index is 10.2. The van der Waals surface area contributed by atoms with Gasteiger partial charge in [0.1, 0.15) is 0 Å². The van der Waals surface area contributed by atoms with Crippen molar-refractivity contribution in [1.29, 1.82) is 0 Å². The first-order chi connectivity index (χ1) is 13.3. The summed E-state index contributed by atoms with van der Waals surface area (Å²) in [7, 11) is 0. The van der Waals surface area contributed by atoms with Crippen molar-refractivity contribution in [3.63, 3.8) is 0 Å². The van der Waals surface area contributed by atoms with Crippen molar-refractivity contribution >= 4 is 5.71 Å². The summed E-state index contributed by atoms with van der Waals surface area (Å²) in [5.41, 5.74) is 3.58. The molecule has 1 unspecified atom stereocenters. The second-order valence-corrected chi connectivity index (χ2v) is 11.2. The van der Waals surface area contributed by atoms with Crippen molar-refractivity contribution in [3.05, 3.63) is 23.9 Å². The van der Waals surface area contributed by atoms with Crippen LogP contribution >= 0.6 is 0 Å². The van der Waals surface area contributed by atoms with Crippen molar-refractivity contribution < 1.29 is 5.11 Å². The average Bonchev–Trinajstić information content (AvgIpc) is 2.99. The minimum Gasteiger partial charge on any atom is -0.393 e. The monoisotopic (exact) mass is 383 g/mol. The molecule has 1 N–H and O–H groups in total. The smallest absolute Gasteiger partial charge is 0.0577 e. The van der Waals surface area contributed by atoms with Gasteiger partial charge in [0, 0.05) is 11.9 Å². The predicted octanol–water partition coefficient (Wildman–Crippen LogP) is 6.56. The van der Waals surface area contributed by atoms with Crippen LogP contribution in [0.15, 0.2) is 28.9 Å². The van der Waals surface area contributed by atoms with E-state index in [2.05, 4.69) is 51.8 Å². The molecule has 4 aliphatic carbocycles. The van der Waals surface area contributed by atoms with Gasteiger partial charge in [-0.15, -0.1) is 0 Å². The van der Waals surface area contributed by atoms with E-state index in [1.165, 1.54) is 38.5 Å². The van der Waals surface area contributed by atoms with Gasteiger partial charge in [-0.05, 0) is 106 Å². The molecule has 0 spiro atoms. The van der Waals surface area contributed by atoms with Gasteiger partial charge in [-0.1, -0.05) is 38.5 Å². The first kappa shape index (κ1) is 20.4. The predicted molar refractivity (Wildman–Crippen MR) is 118 cm³/mol. The molecule has 3 saturated carbocycles. The van der Waals surface area contributed by atoms with Gasteiger partial charge in [-0.25, -0.2) is 0 Å². The first-order valence-electron chi connectivity index (χ1n) is 11.8. The molecule has 0 radical (unpaired) electrons. The van der Waals surface area contributed by atoms with E-state index >= 15 is 0 Å². The van der Waals surface area contributed by atoms with Crippen LogP contribution in [0.5, 0.6) is 0 Å². The Kier molecular flexibility index (Phi) is 5.40. The third kappa shape index (κ3) is 3.24. The SMILES string of the molecule is CC(C)=N/C=C/[C@@H](C)[C@H]1CCC2[C@@H]3CC=C4C[C@@H](O)CC[C@]4(C)[C@H]3CC[C@@]21C. The quantitative estimate of drug-likeness (QED) is 0.434. The highest BCUT2D eigenvalue weighted by Crippen LogP contribution is 2.67.